The first-order valence-electron chi connectivity index (χ1n) is 8.75. The van der Waals surface area contributed by atoms with E-state index in [2.05, 4.69) is 0 Å². The fraction of sp³-hybridized carbons (Fsp3) is 0.526. The summed E-state index contributed by atoms with van der Waals surface area (Å²) < 4.78 is 90.0. The van der Waals surface area contributed by atoms with E-state index in [-0.39, 0.29) is 11.3 Å². The van der Waals surface area contributed by atoms with Crippen molar-refractivity contribution in [1.82, 2.24) is 0 Å². The van der Waals surface area contributed by atoms with Gasteiger partial charge in [-0.25, -0.2) is 0 Å². The summed E-state index contributed by atoms with van der Waals surface area (Å²) in [6.07, 6.45) is -8.40. The lowest BCUT2D eigenvalue weighted by molar-refractivity contribution is -0.230. The first-order valence-corrected chi connectivity index (χ1v) is 9.90. The van der Waals surface area contributed by atoms with E-state index in [1.165, 1.54) is 6.07 Å². The van der Waals surface area contributed by atoms with E-state index < -0.39 is 40.6 Å². The molecule has 1 aliphatic heterocycles. The lowest BCUT2D eigenvalue weighted by Crippen LogP contribution is -2.45. The Hall–Kier alpha value is -1.74. The van der Waals surface area contributed by atoms with Crippen molar-refractivity contribution in [2.45, 2.75) is 37.1 Å². The molecule has 11 heteroatoms. The van der Waals surface area contributed by atoms with Crippen molar-refractivity contribution >= 4 is 17.8 Å². The van der Waals surface area contributed by atoms with Gasteiger partial charge in [0.1, 0.15) is 0 Å². The Labute approximate surface area is 173 Å². The van der Waals surface area contributed by atoms with Crippen LogP contribution in [0, 0.1) is 11.3 Å². The number of benzene rings is 1. The van der Waals surface area contributed by atoms with E-state index in [1.807, 2.05) is 0 Å². The second-order valence-corrected chi connectivity index (χ2v) is 7.91. The summed E-state index contributed by atoms with van der Waals surface area (Å²) in [7, 11) is 0. The maximum atomic E-state index is 13.4. The van der Waals surface area contributed by atoms with Crippen molar-refractivity contribution in [1.29, 1.82) is 5.26 Å². The molecule has 1 aromatic carbocycles. The quantitative estimate of drug-likeness (QED) is 0.474. The van der Waals surface area contributed by atoms with Crippen LogP contribution in [-0.4, -0.2) is 47.4 Å². The zero-order chi connectivity index (χ0) is 22.6. The van der Waals surface area contributed by atoms with E-state index in [0.717, 1.165) is 30.0 Å². The monoisotopic (exact) mass is 455 g/mol. The number of aliphatic hydroxyl groups is 1. The number of nitrogens with zero attached hydrogens (tertiary/aromatic N) is 1. The van der Waals surface area contributed by atoms with Gasteiger partial charge in [0.05, 0.1) is 30.4 Å². The lowest BCUT2D eigenvalue weighted by atomic mass is 10.0. The Bertz CT molecular complexity index is 812. The Morgan fingerprint density at radius 1 is 1.20 bits per heavy atom. The Morgan fingerprint density at radius 3 is 2.37 bits per heavy atom. The summed E-state index contributed by atoms with van der Waals surface area (Å²) in [5, 5.41) is 18.9. The summed E-state index contributed by atoms with van der Waals surface area (Å²) in [6, 6.07) is 3.89. The SMILES string of the molecule is CC1(CCSCC(O)(/C=C/c2ccc(C#N)c(C(F)(F)F)c2)C(F)(F)F)OCCO1. The van der Waals surface area contributed by atoms with Gasteiger partial charge in [0.25, 0.3) is 0 Å². The van der Waals surface area contributed by atoms with Crippen molar-refractivity contribution in [2.24, 2.45) is 0 Å². The van der Waals surface area contributed by atoms with Gasteiger partial charge in [-0.3, -0.25) is 0 Å². The van der Waals surface area contributed by atoms with Crippen LogP contribution in [0.2, 0.25) is 0 Å². The van der Waals surface area contributed by atoms with Crippen molar-refractivity contribution in [3.05, 3.63) is 41.0 Å². The van der Waals surface area contributed by atoms with E-state index in [1.54, 1.807) is 6.92 Å². The third-order valence-corrected chi connectivity index (χ3v) is 5.57. The molecule has 0 spiro atoms. The number of halogens is 6. The highest BCUT2D eigenvalue weighted by atomic mass is 32.2. The predicted octanol–water partition coefficient (Wildman–Crippen LogP) is 4.77. The molecule has 1 atom stereocenters. The molecular formula is C19H19F6NO3S. The number of ether oxygens (including phenoxy) is 2. The van der Waals surface area contributed by atoms with Crippen LogP contribution in [0.5, 0.6) is 0 Å². The molecule has 30 heavy (non-hydrogen) atoms. The van der Waals surface area contributed by atoms with E-state index in [4.69, 9.17) is 14.7 Å². The van der Waals surface area contributed by atoms with Crippen LogP contribution < -0.4 is 0 Å². The summed E-state index contributed by atoms with van der Waals surface area (Å²) in [5.74, 6) is -1.43. The molecule has 1 N–H and O–H groups in total. The Kier molecular flexibility index (Phi) is 7.50. The number of thioether (sulfide) groups is 1. The van der Waals surface area contributed by atoms with Crippen LogP contribution in [0.3, 0.4) is 0 Å². The molecule has 4 nitrogen and oxygen atoms in total. The van der Waals surface area contributed by atoms with Crippen LogP contribution >= 0.6 is 11.8 Å². The fourth-order valence-electron chi connectivity index (χ4n) is 2.64. The van der Waals surface area contributed by atoms with Gasteiger partial charge in [-0.1, -0.05) is 12.1 Å². The van der Waals surface area contributed by atoms with Gasteiger partial charge in [0.15, 0.2) is 11.4 Å². The molecule has 1 heterocycles. The summed E-state index contributed by atoms with van der Waals surface area (Å²) in [6.45, 7) is 2.45. The molecule has 0 saturated carbocycles. The van der Waals surface area contributed by atoms with Gasteiger partial charge in [0.2, 0.25) is 0 Å². The molecule has 0 radical (unpaired) electrons. The molecule has 0 amide bonds. The molecular weight excluding hydrogens is 436 g/mol. The third-order valence-electron chi connectivity index (χ3n) is 4.43. The van der Waals surface area contributed by atoms with Gasteiger partial charge in [-0.05, 0) is 36.4 Å². The minimum Gasteiger partial charge on any atom is -0.376 e. The largest absolute Gasteiger partial charge is 0.421 e. The maximum Gasteiger partial charge on any atom is 0.421 e. The van der Waals surface area contributed by atoms with E-state index >= 15 is 0 Å². The number of alkyl halides is 6. The minimum absolute atomic E-state index is 0.206. The predicted molar refractivity (Wildman–Crippen MR) is 98.4 cm³/mol. The van der Waals surface area contributed by atoms with E-state index in [9.17, 15) is 31.4 Å². The van der Waals surface area contributed by atoms with Crippen LogP contribution in [0.4, 0.5) is 26.3 Å². The first kappa shape index (κ1) is 24.5. The molecule has 0 aromatic heterocycles. The Morgan fingerprint density at radius 2 is 1.83 bits per heavy atom. The Balaban J connectivity index is 2.13. The number of nitriles is 1. The van der Waals surface area contributed by atoms with Gasteiger partial charge in [0, 0.05) is 12.2 Å². The van der Waals surface area contributed by atoms with Crippen LogP contribution in [-0.2, 0) is 15.7 Å². The topological polar surface area (TPSA) is 62.5 Å². The van der Waals surface area contributed by atoms with Crippen LogP contribution in [0.15, 0.2) is 24.3 Å². The second-order valence-electron chi connectivity index (χ2n) is 6.80. The van der Waals surface area contributed by atoms with Crippen LogP contribution in [0.1, 0.15) is 30.0 Å². The van der Waals surface area contributed by atoms with Crippen molar-refractivity contribution in [2.75, 3.05) is 24.7 Å². The van der Waals surface area contributed by atoms with Gasteiger partial charge in [-0.15, -0.1) is 0 Å². The molecule has 1 aliphatic rings. The smallest absolute Gasteiger partial charge is 0.376 e. The van der Waals surface area contributed by atoms with Crippen molar-refractivity contribution < 1.29 is 40.9 Å². The molecule has 1 aromatic rings. The number of hydrogen-bond acceptors (Lipinski definition) is 5. The van der Waals surface area contributed by atoms with Crippen molar-refractivity contribution in [3.63, 3.8) is 0 Å². The lowest BCUT2D eigenvalue weighted by Gasteiger charge is -2.28. The number of hydrogen-bond donors (Lipinski definition) is 1. The molecule has 0 bridgehead atoms. The molecule has 0 aliphatic carbocycles. The molecule has 1 saturated heterocycles. The van der Waals surface area contributed by atoms with Crippen LogP contribution in [0.25, 0.3) is 6.08 Å². The average molecular weight is 455 g/mol. The van der Waals surface area contributed by atoms with Gasteiger partial charge < -0.3 is 14.6 Å². The van der Waals surface area contributed by atoms with Gasteiger partial charge in [-0.2, -0.15) is 43.4 Å². The second kappa shape index (κ2) is 9.18. The minimum atomic E-state index is -5.04. The molecule has 1 unspecified atom stereocenters. The highest BCUT2D eigenvalue weighted by Gasteiger charge is 2.51. The fourth-order valence-corrected chi connectivity index (χ4v) is 3.87. The summed E-state index contributed by atoms with van der Waals surface area (Å²) in [4.78, 5) is 0. The molecule has 1 fully saturated rings. The summed E-state index contributed by atoms with van der Waals surface area (Å²) >= 11 is 0.817. The highest BCUT2D eigenvalue weighted by molar-refractivity contribution is 7.99. The maximum absolute atomic E-state index is 13.4. The normalized spacial score (nSPS) is 19.0. The van der Waals surface area contributed by atoms with Crippen molar-refractivity contribution in [3.8, 4) is 6.07 Å². The summed E-state index contributed by atoms with van der Waals surface area (Å²) in [5.41, 5.74) is -5.38. The standard InChI is InChI=1S/C19H19F6NO3S/c1-16(28-7-8-29-16)6-9-30-12-17(27,19(23,24)25)5-4-13-2-3-14(11-26)15(10-13)18(20,21)22/h2-5,10,27H,6-9,12H2,1H3/b5-4+. The first-order chi connectivity index (χ1) is 13.8. The third kappa shape index (κ3) is 6.14. The molecule has 2 rings (SSSR count). The average Bonchev–Trinajstić information content (AvgIpc) is 3.08. The molecule has 166 valence electrons. The highest BCUT2D eigenvalue weighted by Crippen LogP contribution is 2.37. The van der Waals surface area contributed by atoms with E-state index in [0.29, 0.717) is 31.8 Å². The zero-order valence-electron chi connectivity index (χ0n) is 15.8. The zero-order valence-corrected chi connectivity index (χ0v) is 16.6. The van der Waals surface area contributed by atoms with Gasteiger partial charge >= 0.3 is 12.4 Å². The number of rotatable bonds is 7.